The maximum atomic E-state index is 16.8. The van der Waals surface area contributed by atoms with Gasteiger partial charge in [-0.2, -0.15) is 0 Å². The van der Waals surface area contributed by atoms with E-state index in [4.69, 9.17) is 35.3 Å². The molecule has 16 aromatic rings. The molecule has 1 aliphatic heterocycles. The fourth-order valence-corrected chi connectivity index (χ4v) is 14.4. The third kappa shape index (κ3) is 13.7. The number of hydrogen-bond donors (Lipinski definition) is 0. The van der Waals surface area contributed by atoms with Crippen LogP contribution in [-0.4, -0.2) is 0 Å². The van der Waals surface area contributed by atoms with E-state index in [0.29, 0.717) is 0 Å². The molecule has 0 atom stereocenters. The summed E-state index contributed by atoms with van der Waals surface area (Å²) in [6, 6.07) is 1.12. The van der Waals surface area contributed by atoms with Crippen LogP contribution < -0.4 is 43.3 Å². The first-order valence-electron chi connectivity index (χ1n) is 36.1. The molecule has 0 saturated carbocycles. The lowest BCUT2D eigenvalue weighted by molar-refractivity contribution is 0.374. The van der Waals surface area contributed by atoms with Gasteiger partial charge in [0.05, 0.1) is 89.1 Å². The normalized spacial score (nSPS) is 16.1. The Balaban J connectivity index is 1.11. The Kier molecular flexibility index (Phi) is 22.4. The highest BCUT2D eigenvalue weighted by atomic mass is 19.2. The van der Waals surface area contributed by atoms with Crippen LogP contribution in [0.4, 0.5) is 176 Å². The van der Waals surface area contributed by atoms with Crippen LogP contribution in [0.1, 0.15) is 90.6 Å². The van der Waals surface area contributed by atoms with Crippen LogP contribution >= 0.6 is 0 Å². The van der Waals surface area contributed by atoms with Crippen LogP contribution in [0.5, 0.6) is 0 Å². The van der Waals surface area contributed by atoms with E-state index in [1.807, 2.05) is 0 Å². The quantitative estimate of drug-likeness (QED) is 0.0842. The van der Waals surface area contributed by atoms with Gasteiger partial charge in [0.15, 0.2) is 186 Å². The van der Waals surface area contributed by atoms with Crippen LogP contribution in [0.3, 0.4) is 0 Å². The molecule has 0 spiro atoms. The molecule has 8 nitrogen and oxygen atoms in total. The van der Waals surface area contributed by atoms with Crippen LogP contribution in [0.2, 0.25) is 0 Å². The molecule has 0 N–H and O–H groups in total. The summed E-state index contributed by atoms with van der Waals surface area (Å²) in [5.41, 5.74) is -50.4. The third-order valence-corrected chi connectivity index (χ3v) is 20.5. The number of benzene rings is 8. The minimum absolute atomic E-state index is 0.0699. The fourth-order valence-electron chi connectivity index (χ4n) is 14.4. The summed E-state index contributed by atoms with van der Waals surface area (Å²) in [6.07, 6.45) is 0. The molecule has 0 fully saturated rings. The summed E-state index contributed by atoms with van der Waals surface area (Å²) in [6.45, 7) is 0. The first kappa shape index (κ1) is 92.0. The molecule has 0 aliphatic carbocycles. The van der Waals surface area contributed by atoms with Crippen LogP contribution in [0.25, 0.3) is 44.6 Å². The maximum absolute atomic E-state index is 16.8. The van der Waals surface area contributed by atoms with Gasteiger partial charge in [-0.1, -0.05) is 0 Å². The van der Waals surface area contributed by atoms with Crippen molar-refractivity contribution in [2.24, 2.45) is 0 Å². The van der Waals surface area contributed by atoms with E-state index >= 15 is 176 Å². The van der Waals surface area contributed by atoms with Gasteiger partial charge in [0, 0.05) is 0 Å². The molecule has 0 amide bonds. The molecule has 48 heteroatoms. The van der Waals surface area contributed by atoms with E-state index in [9.17, 15) is 0 Å². The molecular weight excluding hydrogens is 1940 g/mol. The average Bonchev–Trinajstić information content (AvgIpc) is 1.56. The number of halogens is 40. The molecule has 8 aromatic carbocycles. The van der Waals surface area contributed by atoms with Crippen molar-refractivity contribution in [2.75, 3.05) is 0 Å². The van der Waals surface area contributed by atoms with E-state index in [0.717, 1.165) is 0 Å². The summed E-state index contributed by atoms with van der Waals surface area (Å²) < 4.78 is 687. The molecule has 8 aromatic heterocycles. The van der Waals surface area contributed by atoms with Crippen molar-refractivity contribution in [2.45, 2.75) is 0 Å². The smallest absolute Gasteiger partial charge is 0.200 e. The van der Waals surface area contributed by atoms with Gasteiger partial charge in [-0.25, -0.2) is 176 Å². The van der Waals surface area contributed by atoms with E-state index in [1.54, 1.807) is 0 Å². The number of hydrogen-bond acceptors (Lipinski definition) is 8. The van der Waals surface area contributed by atoms with Crippen molar-refractivity contribution in [3.05, 3.63) is 464 Å². The van der Waals surface area contributed by atoms with Gasteiger partial charge in [-0.15, -0.1) is 0 Å². The monoisotopic (exact) mass is 1960 g/mol. The zero-order chi connectivity index (χ0) is 98.5. The van der Waals surface area contributed by atoms with Crippen LogP contribution in [-0.2, 0) is 0 Å². The molecule has 16 bridgehead atoms. The minimum Gasteiger partial charge on any atom is -0.456 e. The topological polar surface area (TPSA) is 105 Å². The number of fused-ring (bicyclic) bond motifs is 16. The van der Waals surface area contributed by atoms with Gasteiger partial charge in [0.2, 0.25) is 46.5 Å². The average molecular weight is 1960 g/mol. The van der Waals surface area contributed by atoms with Crippen molar-refractivity contribution < 1.29 is 211 Å². The van der Waals surface area contributed by atoms with E-state index in [-0.39, 0.29) is 97.1 Å². The minimum atomic E-state index is -3.13. The SMILES string of the molecule is Fc1c(F)c(F)c(/C2=c3\cc/c(o3)=C(\c3c(F)c(F)c(F)c(F)c3F)c3ccc(o3)/C(c3c(F)c(F)c(F)c(F)c3F)=c3/cc/c(o3)=C(\c3c(F)c(F)c(F)c(F)c3F)c3ccc(o3)/C(c3c(F)c(F)c(F)c(F)c3F)=c3\cc/c(o3)=C(/c3c(F)c(F)c(F)c(F)c3F)c3ccc(o3)/C(c3c(F)c(F)c(F)c(F)c3F)=c3/cc/c(o3)=C(\c3c(F)c(F)c(F)c(F)c3F)c3ccc2o3)c(F)c1F. The van der Waals surface area contributed by atoms with Crippen molar-refractivity contribution in [1.82, 2.24) is 0 Å². The lowest BCUT2D eigenvalue weighted by Gasteiger charge is -2.12. The molecule has 136 heavy (non-hydrogen) atoms. The standard InChI is InChI=1S/C88H16F40O8/c89-49-41(50(90)66(106)81(121)65(49)105)33-17-1-2-18(129-17)34(42-51(91)67(107)82(122)68(108)52(42)92)20-5-6-22(131-20)36(44-55(95)71(111)84(124)72(112)56(44)96)24-9-10-26(133-24)38(46-59(99)75(115)86(126)76(116)60(46)100)28-13-14-30(135-28)40(48-63(103)79(119)88(128)80(120)64(48)104)32-16-15-31(136-32)39(47-61(101)77(117)87(127)78(118)62(47)102)29-12-11-27(134-29)37(45-57(97)73(113)85(125)74(114)58(45)98)25-8-7-23(132-25)35(21-4-3-19(33)130-21)43-53(93)69(109)83(123)70(110)54(43)94/h1-16H/b33-17-,33-19?,34-18-,34-20?,35-21?,35-23+,36-22?,36-24+,37-25+,37-27?,38-26+,38-28?,39-29?,39-31+,40-30?,40-32+. The molecule has 696 valence electrons. The Hall–Kier alpha value is -15.8. The van der Waals surface area contributed by atoms with E-state index < -0.39 is 411 Å². The third-order valence-electron chi connectivity index (χ3n) is 20.5. The molecule has 9 heterocycles. The Morgan fingerprint density at radius 1 is 0.0882 bits per heavy atom. The fraction of sp³-hybridized carbons (Fsp3) is 0. The Morgan fingerprint density at radius 3 is 0.243 bits per heavy atom. The van der Waals surface area contributed by atoms with Crippen LogP contribution in [0, 0.1) is 233 Å². The summed E-state index contributed by atoms with van der Waals surface area (Å²) in [4.78, 5) is 0. The summed E-state index contributed by atoms with van der Waals surface area (Å²) in [5, 5.41) is 0. The van der Waals surface area contributed by atoms with Crippen LogP contribution in [0.15, 0.2) is 132 Å². The predicted molar refractivity (Wildman–Crippen MR) is 369 cm³/mol. The summed E-state index contributed by atoms with van der Waals surface area (Å²) in [7, 11) is 0. The van der Waals surface area contributed by atoms with E-state index in [1.165, 1.54) is 0 Å². The van der Waals surface area contributed by atoms with Crippen molar-refractivity contribution in [3.63, 3.8) is 0 Å². The van der Waals surface area contributed by atoms with Crippen molar-refractivity contribution in [1.29, 1.82) is 0 Å². The maximum Gasteiger partial charge on any atom is 0.200 e. The molecule has 1 aliphatic rings. The molecular formula is C88H16F40O8. The Bertz CT molecular complexity index is 6930. The highest BCUT2D eigenvalue weighted by molar-refractivity contribution is 5.87. The second-order valence-electron chi connectivity index (χ2n) is 27.9. The lowest BCUT2D eigenvalue weighted by atomic mass is 10.0. The first-order chi connectivity index (χ1) is 64.2. The molecule has 0 unspecified atom stereocenters. The Labute approximate surface area is 717 Å². The molecule has 0 saturated heterocycles. The van der Waals surface area contributed by atoms with Crippen molar-refractivity contribution in [3.8, 4) is 0 Å². The zero-order valence-corrected chi connectivity index (χ0v) is 63.6. The van der Waals surface area contributed by atoms with Gasteiger partial charge >= 0.3 is 0 Å². The van der Waals surface area contributed by atoms with Gasteiger partial charge in [-0.05, 0) is 97.1 Å². The summed E-state index contributed by atoms with van der Waals surface area (Å²) >= 11 is 0. The zero-order valence-electron chi connectivity index (χ0n) is 63.6. The number of rotatable bonds is 8. The lowest BCUT2D eigenvalue weighted by Crippen LogP contribution is -2.17. The predicted octanol–water partition coefficient (Wildman–Crippen LogP) is 20.3. The highest BCUT2D eigenvalue weighted by Crippen LogP contribution is 2.45. The second-order valence-corrected chi connectivity index (χ2v) is 27.9. The first-order valence-corrected chi connectivity index (χ1v) is 36.1. The van der Waals surface area contributed by atoms with Gasteiger partial charge < -0.3 is 35.3 Å². The second kappa shape index (κ2) is 33.1. The molecule has 17 rings (SSSR count). The highest BCUT2D eigenvalue weighted by Gasteiger charge is 2.42. The Morgan fingerprint density at radius 2 is 0.162 bits per heavy atom. The van der Waals surface area contributed by atoms with Gasteiger partial charge in [0.1, 0.15) is 89.4 Å². The van der Waals surface area contributed by atoms with Gasteiger partial charge in [0.25, 0.3) is 0 Å². The van der Waals surface area contributed by atoms with Crippen molar-refractivity contribution >= 4 is 44.6 Å². The van der Waals surface area contributed by atoms with Gasteiger partial charge in [-0.3, -0.25) is 0 Å². The summed E-state index contributed by atoms with van der Waals surface area (Å²) in [5.74, 6) is -138. The number of furan rings is 8. The largest absolute Gasteiger partial charge is 0.456 e. The molecule has 0 radical (unpaired) electrons. The van der Waals surface area contributed by atoms with E-state index in [2.05, 4.69) is 0 Å².